The fourth-order valence-electron chi connectivity index (χ4n) is 3.50. The van der Waals surface area contributed by atoms with Crippen molar-refractivity contribution in [3.05, 3.63) is 65.5 Å². The summed E-state index contributed by atoms with van der Waals surface area (Å²) in [6, 6.07) is 12.0. The average Bonchev–Trinajstić information content (AvgIpc) is 3.31. The van der Waals surface area contributed by atoms with Crippen molar-refractivity contribution in [1.82, 2.24) is 14.5 Å². The molecule has 2 aromatic carbocycles. The van der Waals surface area contributed by atoms with Gasteiger partial charge in [-0.25, -0.2) is 16.8 Å². The van der Waals surface area contributed by atoms with Crippen LogP contribution in [0.1, 0.15) is 62.3 Å². The number of hydrogen-bond acceptors (Lipinski definition) is 8. The third-order valence-electron chi connectivity index (χ3n) is 5.78. The molecule has 0 radical (unpaired) electrons. The first-order valence-electron chi connectivity index (χ1n) is 12.1. The van der Waals surface area contributed by atoms with Crippen LogP contribution in [-0.2, 0) is 26.3 Å². The van der Waals surface area contributed by atoms with Crippen molar-refractivity contribution in [3.63, 3.8) is 0 Å². The van der Waals surface area contributed by atoms with Gasteiger partial charge in [0.15, 0.2) is 9.84 Å². The standard InChI is InChI=1S/C25H32N4O6S2/c1-5-7-16-29(6-2)37(33,34)22-14-10-20(11-15-22)24(30)26-25-28-27-23(35-25)17-19-8-12-21(13-9-19)36(31,32)18(3)4/h8-15,18H,5-7,16-17H2,1-4H3,(H,26,28,30). The molecule has 0 unspecified atom stereocenters. The Morgan fingerprint density at radius 2 is 1.57 bits per heavy atom. The van der Waals surface area contributed by atoms with Crippen LogP contribution in [0, 0.1) is 0 Å². The van der Waals surface area contributed by atoms with Crippen LogP contribution in [0.2, 0.25) is 0 Å². The predicted octanol–water partition coefficient (Wildman–Crippen LogP) is 3.91. The third kappa shape index (κ3) is 6.82. The summed E-state index contributed by atoms with van der Waals surface area (Å²) in [7, 11) is -7.00. The topological polar surface area (TPSA) is 140 Å². The van der Waals surface area contributed by atoms with Gasteiger partial charge in [-0.1, -0.05) is 37.5 Å². The number of amides is 1. The maximum atomic E-state index is 12.9. The molecular formula is C25H32N4O6S2. The van der Waals surface area contributed by atoms with Crippen LogP contribution in [0.3, 0.4) is 0 Å². The van der Waals surface area contributed by atoms with E-state index < -0.39 is 31.0 Å². The van der Waals surface area contributed by atoms with E-state index in [9.17, 15) is 21.6 Å². The molecule has 1 heterocycles. The lowest BCUT2D eigenvalue weighted by Gasteiger charge is -2.20. The van der Waals surface area contributed by atoms with E-state index in [1.807, 2.05) is 6.92 Å². The molecule has 0 saturated heterocycles. The summed E-state index contributed by atoms with van der Waals surface area (Å²) < 4.78 is 57.2. The van der Waals surface area contributed by atoms with Crippen molar-refractivity contribution in [2.75, 3.05) is 18.4 Å². The molecule has 3 rings (SSSR count). The number of nitrogens with one attached hydrogen (secondary N) is 1. The molecule has 0 atom stereocenters. The first kappa shape index (κ1) is 28.5. The zero-order valence-electron chi connectivity index (χ0n) is 21.3. The van der Waals surface area contributed by atoms with Crippen LogP contribution in [0.15, 0.2) is 62.7 Å². The fraction of sp³-hybridized carbons (Fsp3) is 0.400. The van der Waals surface area contributed by atoms with Crippen LogP contribution in [0.5, 0.6) is 0 Å². The van der Waals surface area contributed by atoms with Gasteiger partial charge in [-0.15, -0.1) is 5.10 Å². The number of carbonyl (C=O) groups excluding carboxylic acids is 1. The van der Waals surface area contributed by atoms with Gasteiger partial charge < -0.3 is 4.42 Å². The van der Waals surface area contributed by atoms with Crippen LogP contribution in [-0.4, -0.2) is 55.6 Å². The number of anilines is 1. The molecule has 0 aliphatic carbocycles. The van der Waals surface area contributed by atoms with Crippen molar-refractivity contribution in [1.29, 1.82) is 0 Å². The molecule has 12 heteroatoms. The second-order valence-electron chi connectivity index (χ2n) is 8.74. The number of rotatable bonds is 12. The molecule has 1 N–H and O–H groups in total. The Kier molecular flexibility index (Phi) is 9.21. The highest BCUT2D eigenvalue weighted by molar-refractivity contribution is 7.92. The molecule has 0 aliphatic heterocycles. The lowest BCUT2D eigenvalue weighted by Crippen LogP contribution is -2.31. The number of carbonyl (C=O) groups is 1. The SMILES string of the molecule is CCCCN(CC)S(=O)(=O)c1ccc(C(=O)Nc2nnc(Cc3ccc(S(=O)(=O)C(C)C)cc3)o2)cc1. The van der Waals surface area contributed by atoms with Gasteiger partial charge in [0.1, 0.15) is 0 Å². The number of hydrogen-bond donors (Lipinski definition) is 1. The van der Waals surface area contributed by atoms with Gasteiger partial charge in [-0.3, -0.25) is 10.1 Å². The maximum Gasteiger partial charge on any atom is 0.322 e. The number of sulfonamides is 1. The van der Waals surface area contributed by atoms with Gasteiger partial charge in [0, 0.05) is 18.7 Å². The summed E-state index contributed by atoms with van der Waals surface area (Å²) in [5, 5.41) is 9.74. The van der Waals surface area contributed by atoms with Crippen molar-refractivity contribution in [3.8, 4) is 0 Å². The number of unbranched alkanes of at least 4 members (excludes halogenated alkanes) is 1. The summed E-state index contributed by atoms with van der Waals surface area (Å²) >= 11 is 0. The summed E-state index contributed by atoms with van der Waals surface area (Å²) in [6.45, 7) is 7.85. The highest BCUT2D eigenvalue weighted by atomic mass is 32.2. The van der Waals surface area contributed by atoms with E-state index >= 15 is 0 Å². The van der Waals surface area contributed by atoms with Crippen LogP contribution in [0.25, 0.3) is 0 Å². The molecule has 3 aromatic rings. The van der Waals surface area contributed by atoms with E-state index in [-0.39, 0.29) is 33.7 Å². The second-order valence-corrected chi connectivity index (χ2v) is 13.2. The number of sulfone groups is 1. The molecule has 0 aliphatic rings. The van der Waals surface area contributed by atoms with E-state index in [1.54, 1.807) is 32.9 Å². The van der Waals surface area contributed by atoms with Crippen molar-refractivity contribution < 1.29 is 26.0 Å². The maximum absolute atomic E-state index is 12.9. The highest BCUT2D eigenvalue weighted by Crippen LogP contribution is 2.20. The molecule has 37 heavy (non-hydrogen) atoms. The van der Waals surface area contributed by atoms with Crippen molar-refractivity contribution in [2.45, 2.75) is 62.0 Å². The summed E-state index contributed by atoms with van der Waals surface area (Å²) in [5.41, 5.74) is 0.998. The van der Waals surface area contributed by atoms with Gasteiger partial charge in [-0.2, -0.15) is 4.31 Å². The number of nitrogens with zero attached hydrogens (tertiary/aromatic N) is 3. The first-order valence-corrected chi connectivity index (χ1v) is 15.0. The quantitative estimate of drug-likeness (QED) is 0.359. The minimum atomic E-state index is -3.64. The van der Waals surface area contributed by atoms with E-state index in [0.29, 0.717) is 13.1 Å². The average molecular weight is 549 g/mol. The molecular weight excluding hydrogens is 516 g/mol. The molecule has 0 saturated carbocycles. The first-order chi connectivity index (χ1) is 17.5. The van der Waals surface area contributed by atoms with E-state index in [4.69, 9.17) is 4.42 Å². The second kappa shape index (κ2) is 12.0. The minimum Gasteiger partial charge on any atom is -0.407 e. The van der Waals surface area contributed by atoms with Gasteiger partial charge >= 0.3 is 6.01 Å². The normalized spacial score (nSPS) is 12.3. The smallest absolute Gasteiger partial charge is 0.322 e. The molecule has 0 spiro atoms. The van der Waals surface area contributed by atoms with E-state index in [2.05, 4.69) is 15.5 Å². The predicted molar refractivity (Wildman–Crippen MR) is 140 cm³/mol. The Morgan fingerprint density at radius 3 is 2.14 bits per heavy atom. The Hall–Kier alpha value is -3.09. The highest BCUT2D eigenvalue weighted by Gasteiger charge is 2.23. The molecule has 0 fully saturated rings. The Balaban J connectivity index is 1.64. The van der Waals surface area contributed by atoms with Gasteiger partial charge in [0.05, 0.1) is 21.5 Å². The fourth-order valence-corrected chi connectivity index (χ4v) is 6.05. The monoisotopic (exact) mass is 548 g/mol. The van der Waals surface area contributed by atoms with Gasteiger partial charge in [-0.05, 0) is 62.2 Å². The van der Waals surface area contributed by atoms with Gasteiger partial charge in [0.25, 0.3) is 5.91 Å². The van der Waals surface area contributed by atoms with E-state index in [0.717, 1.165) is 18.4 Å². The molecule has 200 valence electrons. The molecule has 1 amide bonds. The zero-order valence-corrected chi connectivity index (χ0v) is 23.0. The van der Waals surface area contributed by atoms with E-state index in [1.165, 1.54) is 40.7 Å². The Morgan fingerprint density at radius 1 is 0.946 bits per heavy atom. The zero-order chi connectivity index (χ0) is 27.2. The lowest BCUT2D eigenvalue weighted by molar-refractivity contribution is 0.102. The molecule has 1 aromatic heterocycles. The summed E-state index contributed by atoms with van der Waals surface area (Å²) in [6.07, 6.45) is 1.91. The van der Waals surface area contributed by atoms with Gasteiger partial charge in [0.2, 0.25) is 15.9 Å². The lowest BCUT2D eigenvalue weighted by atomic mass is 10.1. The largest absolute Gasteiger partial charge is 0.407 e. The Labute approximate surface area is 218 Å². The molecule has 0 bridgehead atoms. The molecule has 10 nitrogen and oxygen atoms in total. The summed E-state index contributed by atoms with van der Waals surface area (Å²) in [5.74, 6) is -0.288. The van der Waals surface area contributed by atoms with Crippen LogP contribution < -0.4 is 5.32 Å². The van der Waals surface area contributed by atoms with Crippen molar-refractivity contribution >= 4 is 31.8 Å². The Bertz CT molecular complexity index is 1410. The third-order valence-corrected chi connectivity index (χ3v) is 9.94. The van der Waals surface area contributed by atoms with Crippen molar-refractivity contribution in [2.24, 2.45) is 0 Å². The number of benzene rings is 2. The minimum absolute atomic E-state index is 0.104. The summed E-state index contributed by atoms with van der Waals surface area (Å²) in [4.78, 5) is 13.0. The number of aromatic nitrogens is 2. The van der Waals surface area contributed by atoms with Crippen LogP contribution in [0.4, 0.5) is 6.01 Å². The van der Waals surface area contributed by atoms with Crippen LogP contribution >= 0.6 is 0 Å².